The van der Waals surface area contributed by atoms with Crippen molar-refractivity contribution in [1.29, 1.82) is 0 Å². The Labute approximate surface area is 175 Å². The molecule has 1 saturated heterocycles. The molecule has 0 aromatic heterocycles. The molecule has 5 nitrogen and oxygen atoms in total. The van der Waals surface area contributed by atoms with Crippen molar-refractivity contribution in [3.05, 3.63) is 56.5 Å². The van der Waals surface area contributed by atoms with E-state index in [2.05, 4.69) is 37.2 Å². The molecule has 0 spiro atoms. The number of benzene rings is 2. The highest BCUT2D eigenvalue weighted by molar-refractivity contribution is 9.11. The topological polar surface area (TPSA) is 56.8 Å². The molecule has 1 N–H and O–H groups in total. The van der Waals surface area contributed by atoms with Gasteiger partial charge < -0.3 is 19.5 Å². The molecule has 0 saturated carbocycles. The van der Waals surface area contributed by atoms with Crippen LogP contribution < -0.4 is 14.8 Å². The van der Waals surface area contributed by atoms with Crippen LogP contribution in [0.5, 0.6) is 11.5 Å². The molecule has 1 aliphatic heterocycles. The molecule has 1 heterocycles. The third kappa shape index (κ3) is 4.31. The lowest BCUT2D eigenvalue weighted by molar-refractivity contribution is 0.0345. The highest BCUT2D eigenvalue weighted by Crippen LogP contribution is 2.37. The molecule has 2 aromatic carbocycles. The van der Waals surface area contributed by atoms with Crippen LogP contribution in [0.4, 0.5) is 0 Å². The lowest BCUT2D eigenvalue weighted by Crippen LogP contribution is -2.49. The Hall–Kier alpha value is -1.57. The van der Waals surface area contributed by atoms with Crippen molar-refractivity contribution in [2.45, 2.75) is 18.4 Å². The Balaban J connectivity index is 1.96. The summed E-state index contributed by atoms with van der Waals surface area (Å²) in [6.45, 7) is 1.19. The monoisotopic (exact) mass is 497 g/mol. The van der Waals surface area contributed by atoms with Gasteiger partial charge in [0.1, 0.15) is 16.0 Å². The highest BCUT2D eigenvalue weighted by Gasteiger charge is 2.36. The molecule has 1 amide bonds. The summed E-state index contributed by atoms with van der Waals surface area (Å²) >= 11 is 6.96. The first-order valence-electron chi connectivity index (χ1n) is 8.57. The van der Waals surface area contributed by atoms with Gasteiger partial charge in [-0.1, -0.05) is 28.1 Å². The smallest absolute Gasteiger partial charge is 0.252 e. The quantitative estimate of drug-likeness (QED) is 0.651. The third-order valence-electron chi connectivity index (χ3n) is 4.78. The number of hydrogen-bond donors (Lipinski definition) is 1. The Morgan fingerprint density at radius 2 is 1.70 bits per heavy atom. The van der Waals surface area contributed by atoms with Gasteiger partial charge in [-0.15, -0.1) is 0 Å². The molecule has 7 heteroatoms. The lowest BCUT2D eigenvalue weighted by Gasteiger charge is -2.38. The minimum Gasteiger partial charge on any atom is -0.495 e. The summed E-state index contributed by atoms with van der Waals surface area (Å²) in [6, 6.07) is 11.5. The van der Waals surface area contributed by atoms with Crippen LogP contribution in [0.2, 0.25) is 0 Å². The van der Waals surface area contributed by atoms with Gasteiger partial charge in [0, 0.05) is 23.2 Å². The summed E-state index contributed by atoms with van der Waals surface area (Å²) in [5.41, 5.74) is 1.06. The van der Waals surface area contributed by atoms with Gasteiger partial charge in [-0.25, -0.2) is 0 Å². The number of amides is 1. The van der Waals surface area contributed by atoms with Crippen molar-refractivity contribution in [3.63, 3.8) is 0 Å². The molecule has 0 atom stereocenters. The summed E-state index contributed by atoms with van der Waals surface area (Å²) < 4.78 is 17.9. The second-order valence-corrected chi connectivity index (χ2v) is 8.06. The molecule has 0 radical (unpaired) electrons. The average molecular weight is 499 g/mol. The zero-order chi connectivity index (χ0) is 19.4. The second kappa shape index (κ2) is 8.63. The van der Waals surface area contributed by atoms with Crippen molar-refractivity contribution in [1.82, 2.24) is 5.32 Å². The van der Waals surface area contributed by atoms with Crippen LogP contribution in [0.25, 0.3) is 0 Å². The van der Waals surface area contributed by atoms with Crippen LogP contribution in [0, 0.1) is 0 Å². The molecule has 2 aromatic rings. The van der Waals surface area contributed by atoms with E-state index < -0.39 is 5.54 Å². The van der Waals surface area contributed by atoms with E-state index in [4.69, 9.17) is 14.2 Å². The van der Waals surface area contributed by atoms with Crippen molar-refractivity contribution in [2.24, 2.45) is 0 Å². The van der Waals surface area contributed by atoms with Crippen molar-refractivity contribution in [2.75, 3.05) is 27.4 Å². The largest absolute Gasteiger partial charge is 0.495 e. The number of ether oxygens (including phenoxy) is 3. The van der Waals surface area contributed by atoms with Gasteiger partial charge in [0.15, 0.2) is 0 Å². The number of nitrogens with one attached hydrogen (secondary N) is 1. The number of halogens is 2. The molecule has 0 bridgehead atoms. The second-order valence-electron chi connectivity index (χ2n) is 6.35. The number of hydrogen-bond acceptors (Lipinski definition) is 4. The zero-order valence-corrected chi connectivity index (χ0v) is 18.4. The average Bonchev–Trinajstić information content (AvgIpc) is 2.68. The van der Waals surface area contributed by atoms with E-state index in [0.717, 1.165) is 10.0 Å². The standard InChI is InChI=1S/C20H21Br2NO4/c1-25-16-10-13(11-17(26-2)18(16)22)19(24)23-20(6-8-27-9-7-20)14-4-3-5-15(21)12-14/h3-5,10-12H,6-9H2,1-2H3,(H,23,24). The van der Waals surface area contributed by atoms with Crippen LogP contribution in [0.3, 0.4) is 0 Å². The Bertz CT molecular complexity index is 809. The summed E-state index contributed by atoms with van der Waals surface area (Å²) in [6.07, 6.45) is 1.42. The molecule has 3 rings (SSSR count). The first-order chi connectivity index (χ1) is 13.0. The maximum atomic E-state index is 13.1. The summed E-state index contributed by atoms with van der Waals surface area (Å²) in [7, 11) is 3.12. The van der Waals surface area contributed by atoms with Crippen LogP contribution in [0.15, 0.2) is 45.3 Å². The fourth-order valence-electron chi connectivity index (χ4n) is 3.28. The van der Waals surface area contributed by atoms with E-state index >= 15 is 0 Å². The first kappa shape index (κ1) is 20.2. The number of carbonyl (C=O) groups is 1. The van der Waals surface area contributed by atoms with Crippen molar-refractivity contribution in [3.8, 4) is 11.5 Å². The maximum absolute atomic E-state index is 13.1. The normalized spacial score (nSPS) is 15.9. The molecule has 27 heavy (non-hydrogen) atoms. The minimum absolute atomic E-state index is 0.180. The van der Waals surface area contributed by atoms with Gasteiger partial charge in [-0.05, 0) is 58.6 Å². The fraction of sp³-hybridized carbons (Fsp3) is 0.350. The molecule has 0 unspecified atom stereocenters. The molecule has 0 aliphatic carbocycles. The summed E-state index contributed by atoms with van der Waals surface area (Å²) in [5, 5.41) is 3.25. The van der Waals surface area contributed by atoms with Crippen LogP contribution >= 0.6 is 31.9 Å². The van der Waals surface area contributed by atoms with E-state index in [1.807, 2.05) is 24.3 Å². The Kier molecular flexibility index (Phi) is 6.44. The van der Waals surface area contributed by atoms with Gasteiger partial charge in [0.2, 0.25) is 0 Å². The van der Waals surface area contributed by atoms with E-state index in [1.54, 1.807) is 26.4 Å². The number of rotatable bonds is 5. The van der Waals surface area contributed by atoms with Gasteiger partial charge in [0.25, 0.3) is 5.91 Å². The van der Waals surface area contributed by atoms with E-state index in [1.165, 1.54) is 0 Å². The predicted molar refractivity (Wildman–Crippen MR) is 111 cm³/mol. The van der Waals surface area contributed by atoms with Crippen LogP contribution in [0.1, 0.15) is 28.8 Å². The van der Waals surface area contributed by atoms with E-state index in [0.29, 0.717) is 47.6 Å². The third-order valence-corrected chi connectivity index (χ3v) is 6.06. The number of carbonyl (C=O) groups excluding carboxylic acids is 1. The SMILES string of the molecule is COc1cc(C(=O)NC2(c3cccc(Br)c3)CCOCC2)cc(OC)c1Br. The molecule has 144 valence electrons. The lowest BCUT2D eigenvalue weighted by atomic mass is 9.82. The minimum atomic E-state index is -0.480. The molecular weight excluding hydrogens is 478 g/mol. The maximum Gasteiger partial charge on any atom is 0.252 e. The van der Waals surface area contributed by atoms with Gasteiger partial charge in [-0.3, -0.25) is 4.79 Å². The van der Waals surface area contributed by atoms with Crippen LogP contribution in [-0.2, 0) is 10.3 Å². The van der Waals surface area contributed by atoms with E-state index in [9.17, 15) is 4.79 Å². The van der Waals surface area contributed by atoms with Gasteiger partial charge >= 0.3 is 0 Å². The van der Waals surface area contributed by atoms with Gasteiger partial charge in [-0.2, -0.15) is 0 Å². The Morgan fingerprint density at radius 3 is 2.26 bits per heavy atom. The van der Waals surface area contributed by atoms with Gasteiger partial charge in [0.05, 0.1) is 19.8 Å². The summed E-state index contributed by atoms with van der Waals surface area (Å²) in [4.78, 5) is 13.1. The molecule has 1 fully saturated rings. The predicted octanol–water partition coefficient (Wildman–Crippen LogP) is 4.66. The van der Waals surface area contributed by atoms with Crippen molar-refractivity contribution < 1.29 is 19.0 Å². The fourth-order valence-corrected chi connectivity index (χ4v) is 4.23. The first-order valence-corrected chi connectivity index (χ1v) is 10.2. The number of methoxy groups -OCH3 is 2. The molecule has 1 aliphatic rings. The zero-order valence-electron chi connectivity index (χ0n) is 15.2. The Morgan fingerprint density at radius 1 is 1.07 bits per heavy atom. The highest BCUT2D eigenvalue weighted by atomic mass is 79.9. The molecular formula is C20H21Br2NO4. The van der Waals surface area contributed by atoms with E-state index in [-0.39, 0.29) is 5.91 Å². The van der Waals surface area contributed by atoms with Crippen LogP contribution in [-0.4, -0.2) is 33.3 Å². The summed E-state index contributed by atoms with van der Waals surface area (Å²) in [5.74, 6) is 0.909. The van der Waals surface area contributed by atoms with Crippen molar-refractivity contribution >= 4 is 37.8 Å².